The van der Waals surface area contributed by atoms with Crippen molar-refractivity contribution in [2.45, 2.75) is 12.5 Å². The quantitative estimate of drug-likeness (QED) is 0.816. The van der Waals surface area contributed by atoms with Crippen LogP contribution in [0.25, 0.3) is 0 Å². The van der Waals surface area contributed by atoms with Crippen molar-refractivity contribution >= 4 is 45.6 Å². The number of esters is 1. The monoisotopic (exact) mass is 387 g/mol. The summed E-state index contributed by atoms with van der Waals surface area (Å²) in [4.78, 5) is 29.1. The fourth-order valence-corrected chi connectivity index (χ4v) is 3.67. The molecule has 25 heavy (non-hydrogen) atoms. The molecule has 1 amide bonds. The minimum atomic E-state index is -0.806. The van der Waals surface area contributed by atoms with Gasteiger partial charge < -0.3 is 15.0 Å². The number of ether oxygens (including phenoxy) is 1. The van der Waals surface area contributed by atoms with Crippen LogP contribution in [0.2, 0.25) is 5.15 Å². The Labute approximate surface area is 150 Å². The van der Waals surface area contributed by atoms with Crippen molar-refractivity contribution in [2.75, 3.05) is 23.9 Å². The number of para-hydroxylation sites is 1. The van der Waals surface area contributed by atoms with Gasteiger partial charge in [-0.3, -0.25) is 4.79 Å². The molecule has 1 aromatic carbocycles. The van der Waals surface area contributed by atoms with Crippen LogP contribution >= 0.6 is 22.9 Å². The van der Waals surface area contributed by atoms with E-state index in [2.05, 4.69) is 15.0 Å². The highest BCUT2D eigenvalue weighted by atomic mass is 35.5. The van der Waals surface area contributed by atoms with Crippen molar-refractivity contribution < 1.29 is 23.1 Å². The summed E-state index contributed by atoms with van der Waals surface area (Å²) in [6.45, 7) is 0.150. The maximum absolute atomic E-state index is 13.9. The van der Waals surface area contributed by atoms with Crippen molar-refractivity contribution in [2.24, 2.45) is 0 Å². The number of methoxy groups -OCH3 is 1. The van der Waals surface area contributed by atoms with E-state index in [1.165, 1.54) is 13.2 Å². The Kier molecular flexibility index (Phi) is 4.87. The summed E-state index contributed by atoms with van der Waals surface area (Å²) in [7, 11) is 1.22. The predicted molar refractivity (Wildman–Crippen MR) is 89.2 cm³/mol. The molecule has 0 aliphatic carbocycles. The van der Waals surface area contributed by atoms with Gasteiger partial charge in [-0.25, -0.2) is 18.6 Å². The number of nitrogens with zero attached hydrogens (tertiary/aromatic N) is 2. The van der Waals surface area contributed by atoms with E-state index in [4.69, 9.17) is 11.6 Å². The molecule has 1 aliphatic rings. The lowest BCUT2D eigenvalue weighted by Crippen LogP contribution is -2.34. The van der Waals surface area contributed by atoms with Gasteiger partial charge in [-0.1, -0.05) is 29.0 Å². The number of carbonyl (C=O) groups is 2. The first-order valence-electron chi connectivity index (χ1n) is 7.19. The van der Waals surface area contributed by atoms with Crippen LogP contribution < -0.4 is 10.2 Å². The SMILES string of the molecule is COC(=O)c1sc(NC2CCN(c3c(F)cccc3F)C2=O)nc1Cl. The second kappa shape index (κ2) is 6.93. The standard InChI is InChI=1S/C15H12ClF2N3O3S/c1-24-14(23)11-12(16)20-15(25-11)19-9-5-6-21(13(9)22)10-7(17)3-2-4-8(10)18/h2-4,9H,5-6H2,1H3,(H,19,20). The molecule has 2 aromatic rings. The molecule has 0 saturated carbocycles. The Balaban J connectivity index is 1.78. The van der Waals surface area contributed by atoms with Gasteiger partial charge in [0.1, 0.15) is 23.4 Å². The summed E-state index contributed by atoms with van der Waals surface area (Å²) in [5, 5.41) is 3.06. The molecule has 0 bridgehead atoms. The first-order chi connectivity index (χ1) is 11.9. The van der Waals surface area contributed by atoms with E-state index in [0.29, 0.717) is 6.42 Å². The molecule has 0 radical (unpaired) electrons. The van der Waals surface area contributed by atoms with Crippen LogP contribution in [-0.2, 0) is 9.53 Å². The highest BCUT2D eigenvalue weighted by Gasteiger charge is 2.36. The minimum Gasteiger partial charge on any atom is -0.465 e. The third-order valence-electron chi connectivity index (χ3n) is 3.67. The largest absolute Gasteiger partial charge is 0.465 e. The predicted octanol–water partition coefficient (Wildman–Crippen LogP) is 3.08. The molecule has 10 heteroatoms. The number of benzene rings is 1. The van der Waals surface area contributed by atoms with Gasteiger partial charge in [-0.05, 0) is 18.6 Å². The van der Waals surface area contributed by atoms with Gasteiger partial charge in [-0.15, -0.1) is 0 Å². The van der Waals surface area contributed by atoms with Crippen molar-refractivity contribution in [1.82, 2.24) is 4.98 Å². The smallest absolute Gasteiger partial charge is 0.351 e. The zero-order valence-electron chi connectivity index (χ0n) is 12.9. The van der Waals surface area contributed by atoms with E-state index in [-0.39, 0.29) is 27.4 Å². The molecule has 1 N–H and O–H groups in total. The van der Waals surface area contributed by atoms with Gasteiger partial charge in [0.2, 0.25) is 5.91 Å². The van der Waals surface area contributed by atoms with Gasteiger partial charge in [0.25, 0.3) is 0 Å². The molecule has 0 spiro atoms. The van der Waals surface area contributed by atoms with E-state index in [1.807, 2.05) is 0 Å². The highest BCUT2D eigenvalue weighted by molar-refractivity contribution is 7.18. The summed E-state index contributed by atoms with van der Waals surface area (Å²) in [5.41, 5.74) is -0.371. The average Bonchev–Trinajstić information content (AvgIpc) is 3.11. The summed E-state index contributed by atoms with van der Waals surface area (Å²) < 4.78 is 32.3. The molecular formula is C15H12ClF2N3O3S. The summed E-state index contributed by atoms with van der Waals surface area (Å²) in [6.07, 6.45) is 0.317. The normalized spacial score (nSPS) is 17.0. The Morgan fingerprint density at radius 3 is 2.76 bits per heavy atom. The summed E-state index contributed by atoms with van der Waals surface area (Å²) in [5.74, 6) is -2.74. The molecule has 132 valence electrons. The number of thiazole rings is 1. The molecule has 1 saturated heterocycles. The molecule has 1 fully saturated rings. The molecule has 2 heterocycles. The van der Waals surface area contributed by atoms with Crippen LogP contribution in [0.4, 0.5) is 19.6 Å². The number of nitrogens with one attached hydrogen (secondary N) is 1. The van der Waals surface area contributed by atoms with Gasteiger partial charge in [-0.2, -0.15) is 0 Å². The molecule has 1 atom stereocenters. The first kappa shape index (κ1) is 17.6. The number of hydrogen-bond acceptors (Lipinski definition) is 6. The fraction of sp³-hybridized carbons (Fsp3) is 0.267. The number of aromatic nitrogens is 1. The maximum Gasteiger partial charge on any atom is 0.351 e. The van der Waals surface area contributed by atoms with E-state index >= 15 is 0 Å². The second-order valence-corrected chi connectivity index (χ2v) is 6.53. The lowest BCUT2D eigenvalue weighted by Gasteiger charge is -2.18. The summed E-state index contributed by atoms with van der Waals surface area (Å²) in [6, 6.07) is 2.69. The molecule has 1 aliphatic heterocycles. The van der Waals surface area contributed by atoms with Crippen LogP contribution in [0.15, 0.2) is 18.2 Å². The van der Waals surface area contributed by atoms with Crippen LogP contribution in [-0.4, -0.2) is 36.6 Å². The van der Waals surface area contributed by atoms with Crippen LogP contribution in [0.3, 0.4) is 0 Å². The van der Waals surface area contributed by atoms with Crippen molar-refractivity contribution in [3.63, 3.8) is 0 Å². The average molecular weight is 388 g/mol. The van der Waals surface area contributed by atoms with Crippen LogP contribution in [0, 0.1) is 11.6 Å². The van der Waals surface area contributed by atoms with Crippen LogP contribution in [0.1, 0.15) is 16.1 Å². The number of hydrogen-bond donors (Lipinski definition) is 1. The summed E-state index contributed by atoms with van der Waals surface area (Å²) >= 11 is 6.81. The molecule has 3 rings (SSSR count). The lowest BCUT2D eigenvalue weighted by molar-refractivity contribution is -0.117. The Morgan fingerprint density at radius 1 is 1.44 bits per heavy atom. The number of halogens is 3. The zero-order chi connectivity index (χ0) is 18.1. The minimum absolute atomic E-state index is 0.0400. The molecule has 1 unspecified atom stereocenters. The van der Waals surface area contributed by atoms with Crippen LogP contribution in [0.5, 0.6) is 0 Å². The van der Waals surface area contributed by atoms with Crippen molar-refractivity contribution in [3.8, 4) is 0 Å². The zero-order valence-corrected chi connectivity index (χ0v) is 14.5. The maximum atomic E-state index is 13.9. The lowest BCUT2D eigenvalue weighted by atomic mass is 10.2. The Bertz CT molecular complexity index is 825. The number of amides is 1. The highest BCUT2D eigenvalue weighted by Crippen LogP contribution is 2.31. The number of carbonyl (C=O) groups excluding carboxylic acids is 2. The van der Waals surface area contributed by atoms with Crippen molar-refractivity contribution in [3.05, 3.63) is 39.9 Å². The van der Waals surface area contributed by atoms with Gasteiger partial charge in [0.05, 0.1) is 7.11 Å². The van der Waals surface area contributed by atoms with E-state index in [0.717, 1.165) is 28.4 Å². The number of rotatable bonds is 4. The Morgan fingerprint density at radius 2 is 2.12 bits per heavy atom. The van der Waals surface area contributed by atoms with Gasteiger partial charge >= 0.3 is 5.97 Å². The first-order valence-corrected chi connectivity index (χ1v) is 8.38. The topological polar surface area (TPSA) is 71.5 Å². The third kappa shape index (κ3) is 3.29. The number of anilines is 2. The van der Waals surface area contributed by atoms with Crippen molar-refractivity contribution in [1.29, 1.82) is 0 Å². The van der Waals surface area contributed by atoms with E-state index in [9.17, 15) is 18.4 Å². The van der Waals surface area contributed by atoms with Gasteiger partial charge in [0, 0.05) is 6.54 Å². The van der Waals surface area contributed by atoms with Gasteiger partial charge in [0.15, 0.2) is 15.2 Å². The molecular weight excluding hydrogens is 376 g/mol. The third-order valence-corrected chi connectivity index (χ3v) is 5.02. The Hall–Kier alpha value is -2.26. The molecule has 1 aromatic heterocycles. The second-order valence-electron chi connectivity index (χ2n) is 5.18. The van der Waals surface area contributed by atoms with E-state index in [1.54, 1.807) is 0 Å². The fourth-order valence-electron chi connectivity index (χ4n) is 2.51. The van der Waals surface area contributed by atoms with E-state index < -0.39 is 29.6 Å². The molecule has 6 nitrogen and oxygen atoms in total.